The maximum Gasteiger partial charge on any atom is 0.207 e. The Balaban J connectivity index is 4.68. The number of nitrogens with two attached hydrogens (primary N) is 1. The van der Waals surface area contributed by atoms with Crippen molar-refractivity contribution in [3.05, 3.63) is 11.1 Å². The molecule has 0 bridgehead atoms. The van der Waals surface area contributed by atoms with Crippen LogP contribution in [0.3, 0.4) is 0 Å². The molecular formula is C10H19N3O. The number of hydrogen-bond acceptors (Lipinski definition) is 3. The molecule has 1 atom stereocenters. The third-order valence-electron chi connectivity index (χ3n) is 1.80. The van der Waals surface area contributed by atoms with Crippen molar-refractivity contribution in [2.75, 3.05) is 6.54 Å². The molecule has 0 saturated carbocycles. The van der Waals surface area contributed by atoms with Gasteiger partial charge in [0.15, 0.2) is 0 Å². The zero-order valence-corrected chi connectivity index (χ0v) is 9.29. The molecule has 0 aromatic carbocycles. The van der Waals surface area contributed by atoms with Crippen molar-refractivity contribution in [3.63, 3.8) is 0 Å². The van der Waals surface area contributed by atoms with Crippen LogP contribution in [-0.2, 0) is 4.79 Å². The summed E-state index contributed by atoms with van der Waals surface area (Å²) in [4.78, 5) is 14.4. The second-order valence-corrected chi connectivity index (χ2v) is 3.43. The van der Waals surface area contributed by atoms with E-state index < -0.39 is 0 Å². The van der Waals surface area contributed by atoms with Crippen molar-refractivity contribution in [3.8, 4) is 0 Å². The molecule has 0 rings (SSSR count). The van der Waals surface area contributed by atoms with Gasteiger partial charge in [-0.05, 0) is 33.3 Å². The molecule has 4 nitrogen and oxygen atoms in total. The molecule has 0 radical (unpaired) electrons. The summed E-state index contributed by atoms with van der Waals surface area (Å²) in [5.41, 5.74) is 8.62. The number of carbonyl (C=O) groups excluding carboxylic acids is 1. The number of hydrogen-bond donors (Lipinski definition) is 2. The van der Waals surface area contributed by atoms with Gasteiger partial charge in [-0.2, -0.15) is 0 Å². The number of rotatable bonds is 5. The maximum atomic E-state index is 10.2. The lowest BCUT2D eigenvalue weighted by Gasteiger charge is -2.10. The predicted molar refractivity (Wildman–Crippen MR) is 59.2 cm³/mol. The predicted octanol–water partition coefficient (Wildman–Crippen LogP) is 0.834. The lowest BCUT2D eigenvalue weighted by atomic mass is 10.1. The van der Waals surface area contributed by atoms with Crippen LogP contribution < -0.4 is 11.1 Å². The summed E-state index contributed by atoms with van der Waals surface area (Å²) in [6.07, 6.45) is 0.475. The highest BCUT2D eigenvalue weighted by Gasteiger charge is 2.04. The molecule has 0 aliphatic heterocycles. The van der Waals surface area contributed by atoms with Crippen molar-refractivity contribution < 1.29 is 4.79 Å². The van der Waals surface area contributed by atoms with Gasteiger partial charge in [-0.15, -0.1) is 0 Å². The minimum atomic E-state index is -0.208. The lowest BCUT2D eigenvalue weighted by Crippen LogP contribution is -2.21. The Morgan fingerprint density at radius 3 is 2.43 bits per heavy atom. The van der Waals surface area contributed by atoms with E-state index in [9.17, 15) is 4.79 Å². The quantitative estimate of drug-likeness (QED) is 0.506. The summed E-state index contributed by atoms with van der Waals surface area (Å²) in [5.74, 6) is 0. The Labute approximate surface area is 85.3 Å². The first-order chi connectivity index (χ1) is 6.49. The molecule has 0 spiro atoms. The Kier molecular flexibility index (Phi) is 5.79. The number of allylic oxidation sites excluding steroid dienone is 1. The van der Waals surface area contributed by atoms with E-state index in [0.717, 1.165) is 16.9 Å². The summed E-state index contributed by atoms with van der Waals surface area (Å²) in [6.45, 7) is 8.20. The molecule has 0 aliphatic carbocycles. The lowest BCUT2D eigenvalue weighted by molar-refractivity contribution is -0.109. The topological polar surface area (TPSA) is 67.5 Å². The van der Waals surface area contributed by atoms with E-state index in [4.69, 9.17) is 5.73 Å². The van der Waals surface area contributed by atoms with Crippen LogP contribution in [0, 0.1) is 0 Å². The molecule has 4 heteroatoms. The van der Waals surface area contributed by atoms with Gasteiger partial charge in [-0.25, -0.2) is 0 Å². The number of carbonyl (C=O) groups is 1. The van der Waals surface area contributed by atoms with Crippen LogP contribution >= 0.6 is 0 Å². The second kappa shape index (κ2) is 6.32. The highest BCUT2D eigenvalue weighted by molar-refractivity contribution is 5.99. The fraction of sp³-hybridized carbons (Fsp3) is 0.600. The molecule has 0 aliphatic rings. The van der Waals surface area contributed by atoms with Crippen LogP contribution in [0.1, 0.15) is 27.7 Å². The maximum absolute atomic E-state index is 10.2. The molecule has 1 amide bonds. The molecule has 80 valence electrons. The Bertz CT molecular complexity index is 250. The monoisotopic (exact) mass is 197 g/mol. The first-order valence-electron chi connectivity index (χ1n) is 4.62. The van der Waals surface area contributed by atoms with Gasteiger partial charge in [-0.3, -0.25) is 9.79 Å². The van der Waals surface area contributed by atoms with Crippen molar-refractivity contribution in [2.45, 2.75) is 33.9 Å². The standard InChI is InChI=1S/C10H19N3O/c1-7(2)10(5-12-6-14)8(3)13-9(4)11/h6,9H,5,11H2,1-4H3,(H,12,14). The number of nitrogens with zero attached hydrogens (tertiary/aromatic N) is 1. The zero-order valence-electron chi connectivity index (χ0n) is 9.29. The van der Waals surface area contributed by atoms with Gasteiger partial charge >= 0.3 is 0 Å². The summed E-state index contributed by atoms with van der Waals surface area (Å²) in [6, 6.07) is 0. The minimum absolute atomic E-state index is 0.208. The third kappa shape index (κ3) is 4.77. The summed E-state index contributed by atoms with van der Waals surface area (Å²) in [7, 11) is 0. The first-order valence-corrected chi connectivity index (χ1v) is 4.62. The van der Waals surface area contributed by atoms with Gasteiger partial charge in [0.25, 0.3) is 0 Å². The number of aliphatic imine (C=N–C) groups is 1. The van der Waals surface area contributed by atoms with E-state index >= 15 is 0 Å². The number of amides is 1. The van der Waals surface area contributed by atoms with E-state index in [1.54, 1.807) is 0 Å². The van der Waals surface area contributed by atoms with E-state index in [2.05, 4.69) is 10.3 Å². The summed E-state index contributed by atoms with van der Waals surface area (Å²) in [5, 5.41) is 2.62. The largest absolute Gasteiger partial charge is 0.355 e. The van der Waals surface area contributed by atoms with Gasteiger partial charge in [0, 0.05) is 12.3 Å². The van der Waals surface area contributed by atoms with Gasteiger partial charge in [0.05, 0.1) is 6.17 Å². The molecule has 0 fully saturated rings. The summed E-state index contributed by atoms with van der Waals surface area (Å²) < 4.78 is 0. The van der Waals surface area contributed by atoms with Gasteiger partial charge in [-0.1, -0.05) is 5.57 Å². The second-order valence-electron chi connectivity index (χ2n) is 3.43. The first kappa shape index (κ1) is 12.8. The molecule has 14 heavy (non-hydrogen) atoms. The van der Waals surface area contributed by atoms with E-state index in [-0.39, 0.29) is 6.17 Å². The fourth-order valence-electron chi connectivity index (χ4n) is 1.19. The van der Waals surface area contributed by atoms with Crippen molar-refractivity contribution in [2.24, 2.45) is 10.7 Å². The highest BCUT2D eigenvalue weighted by atomic mass is 16.1. The van der Waals surface area contributed by atoms with Crippen molar-refractivity contribution in [1.29, 1.82) is 0 Å². The highest BCUT2D eigenvalue weighted by Crippen LogP contribution is 2.05. The average Bonchev–Trinajstić information content (AvgIpc) is 2.02. The van der Waals surface area contributed by atoms with E-state index in [1.165, 1.54) is 0 Å². The van der Waals surface area contributed by atoms with Gasteiger partial charge in [0.2, 0.25) is 6.41 Å². The third-order valence-corrected chi connectivity index (χ3v) is 1.80. The van der Waals surface area contributed by atoms with Crippen LogP contribution in [0.25, 0.3) is 0 Å². The van der Waals surface area contributed by atoms with Gasteiger partial charge < -0.3 is 11.1 Å². The summed E-state index contributed by atoms with van der Waals surface area (Å²) >= 11 is 0. The van der Waals surface area contributed by atoms with Gasteiger partial charge in [0.1, 0.15) is 0 Å². The van der Waals surface area contributed by atoms with Crippen molar-refractivity contribution in [1.82, 2.24) is 5.32 Å². The van der Waals surface area contributed by atoms with Crippen LogP contribution in [0.2, 0.25) is 0 Å². The SMILES string of the molecule is CC(=NC(C)N)C(CNC=O)=C(C)C. The zero-order chi connectivity index (χ0) is 11.1. The fourth-order valence-corrected chi connectivity index (χ4v) is 1.19. The minimum Gasteiger partial charge on any atom is -0.355 e. The molecule has 0 aromatic rings. The Morgan fingerprint density at radius 1 is 1.50 bits per heavy atom. The Hall–Kier alpha value is -1.16. The van der Waals surface area contributed by atoms with Crippen LogP contribution in [0.5, 0.6) is 0 Å². The molecule has 0 heterocycles. The van der Waals surface area contributed by atoms with Crippen LogP contribution in [0.15, 0.2) is 16.1 Å². The smallest absolute Gasteiger partial charge is 0.207 e. The molecule has 1 unspecified atom stereocenters. The molecule has 3 N–H and O–H groups in total. The molecule has 0 saturated heterocycles. The average molecular weight is 197 g/mol. The Morgan fingerprint density at radius 2 is 2.07 bits per heavy atom. The van der Waals surface area contributed by atoms with Crippen LogP contribution in [0.4, 0.5) is 0 Å². The number of nitrogens with one attached hydrogen (secondary N) is 1. The van der Waals surface area contributed by atoms with Crippen molar-refractivity contribution >= 4 is 12.1 Å². The van der Waals surface area contributed by atoms with Crippen LogP contribution in [-0.4, -0.2) is 24.8 Å². The molecular weight excluding hydrogens is 178 g/mol. The molecule has 0 aromatic heterocycles. The normalized spacial score (nSPS) is 13.4. The van der Waals surface area contributed by atoms with E-state index in [1.807, 2.05) is 27.7 Å². The van der Waals surface area contributed by atoms with E-state index in [0.29, 0.717) is 13.0 Å².